The number of fused-ring (bicyclic) bond motifs is 3. The molecule has 0 amide bonds. The van der Waals surface area contributed by atoms with Gasteiger partial charge in [0, 0.05) is 9.90 Å². The summed E-state index contributed by atoms with van der Waals surface area (Å²) in [4.78, 5) is 15.2. The molecule has 1 aliphatic carbocycles. The SMILES string of the molecule is CC(C)(C)[C@H]1CCc2c(sc3nnn(Cc4ccc(Cl)cc4)c(=O)c23)C1. The lowest BCUT2D eigenvalue weighted by Crippen LogP contribution is -2.28. The molecule has 0 unspecified atom stereocenters. The van der Waals surface area contributed by atoms with Gasteiger partial charge in [-0.15, -0.1) is 16.4 Å². The second-order valence-electron chi connectivity index (χ2n) is 8.17. The summed E-state index contributed by atoms with van der Waals surface area (Å²) in [6.45, 7) is 7.31. The Morgan fingerprint density at radius 3 is 2.69 bits per heavy atom. The van der Waals surface area contributed by atoms with Crippen LogP contribution in [0, 0.1) is 11.3 Å². The first-order valence-corrected chi connectivity index (χ1v) is 10.1. The number of halogens is 1. The number of aromatic nitrogens is 3. The van der Waals surface area contributed by atoms with Crippen LogP contribution in [0.3, 0.4) is 0 Å². The van der Waals surface area contributed by atoms with Crippen molar-refractivity contribution >= 4 is 33.2 Å². The van der Waals surface area contributed by atoms with Crippen LogP contribution < -0.4 is 5.56 Å². The van der Waals surface area contributed by atoms with E-state index >= 15 is 0 Å². The lowest BCUT2D eigenvalue weighted by Gasteiger charge is -2.33. The number of hydrogen-bond donors (Lipinski definition) is 0. The molecule has 0 spiro atoms. The lowest BCUT2D eigenvalue weighted by molar-refractivity contribution is 0.218. The fourth-order valence-electron chi connectivity index (χ4n) is 3.73. The van der Waals surface area contributed by atoms with Crippen molar-refractivity contribution in [2.75, 3.05) is 0 Å². The number of thiophene rings is 1. The molecule has 0 saturated carbocycles. The molecule has 26 heavy (non-hydrogen) atoms. The van der Waals surface area contributed by atoms with Crippen LogP contribution >= 0.6 is 22.9 Å². The molecule has 3 aromatic rings. The Hall–Kier alpha value is -1.72. The van der Waals surface area contributed by atoms with Gasteiger partial charge >= 0.3 is 0 Å². The fraction of sp³-hybridized carbons (Fsp3) is 0.450. The molecule has 6 heteroatoms. The molecule has 1 aliphatic rings. The summed E-state index contributed by atoms with van der Waals surface area (Å²) in [5, 5.41) is 9.98. The van der Waals surface area contributed by atoms with E-state index in [1.807, 2.05) is 24.3 Å². The summed E-state index contributed by atoms with van der Waals surface area (Å²) in [5.74, 6) is 0.646. The Balaban J connectivity index is 1.72. The van der Waals surface area contributed by atoms with Crippen LogP contribution in [-0.2, 0) is 19.4 Å². The van der Waals surface area contributed by atoms with E-state index in [1.165, 1.54) is 15.1 Å². The van der Waals surface area contributed by atoms with Gasteiger partial charge in [-0.3, -0.25) is 4.79 Å². The zero-order chi connectivity index (χ0) is 18.5. The predicted octanol–water partition coefficient (Wildman–Crippen LogP) is 4.71. The summed E-state index contributed by atoms with van der Waals surface area (Å²) >= 11 is 7.58. The monoisotopic (exact) mass is 387 g/mol. The Labute approximate surface area is 161 Å². The Morgan fingerprint density at radius 1 is 1.27 bits per heavy atom. The lowest BCUT2D eigenvalue weighted by atomic mass is 9.72. The quantitative estimate of drug-likeness (QED) is 0.640. The molecule has 136 valence electrons. The molecule has 0 bridgehead atoms. The average molecular weight is 388 g/mol. The zero-order valence-corrected chi connectivity index (χ0v) is 16.8. The van der Waals surface area contributed by atoms with Crippen molar-refractivity contribution < 1.29 is 0 Å². The third-order valence-electron chi connectivity index (χ3n) is 5.41. The van der Waals surface area contributed by atoms with Gasteiger partial charge in [0.1, 0.15) is 0 Å². The van der Waals surface area contributed by atoms with E-state index in [2.05, 4.69) is 31.1 Å². The van der Waals surface area contributed by atoms with Crippen molar-refractivity contribution in [3.8, 4) is 0 Å². The van der Waals surface area contributed by atoms with Gasteiger partial charge in [0.25, 0.3) is 5.56 Å². The van der Waals surface area contributed by atoms with Gasteiger partial charge in [-0.05, 0) is 53.9 Å². The van der Waals surface area contributed by atoms with Crippen LogP contribution in [-0.4, -0.2) is 15.0 Å². The van der Waals surface area contributed by atoms with Crippen molar-refractivity contribution in [1.29, 1.82) is 0 Å². The van der Waals surface area contributed by atoms with Crippen molar-refractivity contribution in [2.45, 2.75) is 46.6 Å². The molecular formula is C20H22ClN3OS. The van der Waals surface area contributed by atoms with Gasteiger partial charge in [0.2, 0.25) is 0 Å². The van der Waals surface area contributed by atoms with E-state index in [-0.39, 0.29) is 11.0 Å². The molecule has 1 aromatic carbocycles. The van der Waals surface area contributed by atoms with Crippen molar-refractivity contribution in [1.82, 2.24) is 15.0 Å². The van der Waals surface area contributed by atoms with Crippen LogP contribution in [0.15, 0.2) is 29.1 Å². The molecule has 0 N–H and O–H groups in total. The largest absolute Gasteiger partial charge is 0.279 e. The van der Waals surface area contributed by atoms with Crippen LogP contribution in [0.5, 0.6) is 0 Å². The van der Waals surface area contributed by atoms with Gasteiger partial charge in [-0.25, -0.2) is 4.68 Å². The molecule has 4 nitrogen and oxygen atoms in total. The minimum Gasteiger partial charge on any atom is -0.267 e. The number of benzene rings is 1. The Kier molecular flexibility index (Phi) is 4.40. The minimum absolute atomic E-state index is 0.0309. The Morgan fingerprint density at radius 2 is 2.00 bits per heavy atom. The standard InChI is InChI=1S/C20H22ClN3OS/c1-20(2,3)13-6-9-15-16(10-13)26-18-17(15)19(25)24(23-22-18)11-12-4-7-14(21)8-5-12/h4-5,7-8,13H,6,9-11H2,1-3H3/t13-/m0/s1. The first kappa shape index (κ1) is 17.7. The fourth-order valence-corrected chi connectivity index (χ4v) is 5.09. The highest BCUT2D eigenvalue weighted by atomic mass is 35.5. The molecule has 1 atom stereocenters. The third kappa shape index (κ3) is 3.19. The Bertz CT molecular complexity index is 1010. The molecule has 0 aliphatic heterocycles. The van der Waals surface area contributed by atoms with Crippen LogP contribution in [0.2, 0.25) is 5.02 Å². The number of aryl methyl sites for hydroxylation is 1. The highest BCUT2D eigenvalue weighted by Crippen LogP contribution is 2.41. The van der Waals surface area contributed by atoms with Crippen LogP contribution in [0.4, 0.5) is 0 Å². The molecule has 0 fully saturated rings. The van der Waals surface area contributed by atoms with Gasteiger partial charge in [0.15, 0.2) is 4.83 Å². The first-order chi connectivity index (χ1) is 12.3. The smallest absolute Gasteiger partial charge is 0.267 e. The first-order valence-electron chi connectivity index (χ1n) is 8.95. The minimum atomic E-state index is -0.0309. The van der Waals surface area contributed by atoms with Crippen LogP contribution in [0.1, 0.15) is 43.2 Å². The summed E-state index contributed by atoms with van der Waals surface area (Å²) < 4.78 is 1.47. The molecule has 2 aromatic heterocycles. The van der Waals surface area contributed by atoms with Crippen molar-refractivity contribution in [3.63, 3.8) is 0 Å². The number of rotatable bonds is 2. The van der Waals surface area contributed by atoms with Crippen molar-refractivity contribution in [2.24, 2.45) is 11.3 Å². The maximum Gasteiger partial charge on any atom is 0.279 e. The van der Waals surface area contributed by atoms with E-state index < -0.39 is 0 Å². The normalized spacial score (nSPS) is 17.5. The number of hydrogen-bond acceptors (Lipinski definition) is 4. The zero-order valence-electron chi connectivity index (χ0n) is 15.3. The van der Waals surface area contributed by atoms with E-state index in [9.17, 15) is 4.79 Å². The van der Waals surface area contributed by atoms with Crippen molar-refractivity contribution in [3.05, 3.63) is 55.6 Å². The highest BCUT2D eigenvalue weighted by molar-refractivity contribution is 7.18. The van der Waals surface area contributed by atoms with Gasteiger partial charge in [-0.2, -0.15) is 0 Å². The van der Waals surface area contributed by atoms with Gasteiger partial charge in [0.05, 0.1) is 11.9 Å². The van der Waals surface area contributed by atoms with E-state index in [1.54, 1.807) is 11.3 Å². The van der Waals surface area contributed by atoms with E-state index in [4.69, 9.17) is 11.6 Å². The maximum absolute atomic E-state index is 13.1. The number of nitrogens with zero attached hydrogens (tertiary/aromatic N) is 3. The maximum atomic E-state index is 13.1. The summed E-state index contributed by atoms with van der Waals surface area (Å²) in [5.41, 5.74) is 2.45. The topological polar surface area (TPSA) is 47.8 Å². The molecular weight excluding hydrogens is 366 g/mol. The molecule has 4 rings (SSSR count). The highest BCUT2D eigenvalue weighted by Gasteiger charge is 2.31. The summed E-state index contributed by atoms with van der Waals surface area (Å²) in [7, 11) is 0. The second-order valence-corrected chi connectivity index (χ2v) is 9.69. The molecule has 0 radical (unpaired) electrons. The predicted molar refractivity (Wildman–Crippen MR) is 107 cm³/mol. The summed E-state index contributed by atoms with van der Waals surface area (Å²) in [6.07, 6.45) is 3.12. The summed E-state index contributed by atoms with van der Waals surface area (Å²) in [6, 6.07) is 7.48. The van der Waals surface area contributed by atoms with Gasteiger partial charge in [-0.1, -0.05) is 49.7 Å². The molecule has 2 heterocycles. The van der Waals surface area contributed by atoms with E-state index in [0.29, 0.717) is 17.5 Å². The average Bonchev–Trinajstić information content (AvgIpc) is 2.97. The van der Waals surface area contributed by atoms with Crippen LogP contribution in [0.25, 0.3) is 10.2 Å². The molecule has 0 saturated heterocycles. The van der Waals surface area contributed by atoms with E-state index in [0.717, 1.165) is 35.0 Å². The third-order valence-corrected chi connectivity index (χ3v) is 6.80. The van der Waals surface area contributed by atoms with Gasteiger partial charge < -0.3 is 0 Å². The second kappa shape index (κ2) is 6.46.